The summed E-state index contributed by atoms with van der Waals surface area (Å²) in [5, 5.41) is 6.14. The molecule has 0 spiro atoms. The van der Waals surface area contributed by atoms with E-state index < -0.39 is 0 Å². The Morgan fingerprint density at radius 3 is 3.07 bits per heavy atom. The van der Waals surface area contributed by atoms with Gasteiger partial charge in [0.1, 0.15) is 0 Å². The molecule has 1 heterocycles. The van der Waals surface area contributed by atoms with Crippen LogP contribution in [0.2, 0.25) is 0 Å². The Balaban J connectivity index is 2.09. The maximum atomic E-state index is 11.0. The number of nitrogens with one attached hydrogen (secondary N) is 1. The number of hydrogen-bond acceptors (Lipinski definition) is 5. The summed E-state index contributed by atoms with van der Waals surface area (Å²) in [6.07, 6.45) is 0.851. The van der Waals surface area contributed by atoms with Crippen LogP contribution in [0.5, 0.6) is 0 Å². The van der Waals surface area contributed by atoms with Gasteiger partial charge in [-0.25, -0.2) is 4.98 Å². The zero-order chi connectivity index (χ0) is 11.1. The van der Waals surface area contributed by atoms with Crippen molar-refractivity contribution in [3.8, 4) is 0 Å². The highest BCUT2D eigenvalue weighted by atomic mass is 32.1. The summed E-state index contributed by atoms with van der Waals surface area (Å²) >= 11 is 1.65. The lowest BCUT2D eigenvalue weighted by molar-refractivity contribution is -0.141. The standard InChI is InChI=1S/C10H16N2O2S/c1-3-14-10(13)6-11-5-4-9-7-15-8(2)12-9/h7,11H,3-6H2,1-2H3. The number of aryl methyl sites for hydroxylation is 1. The van der Waals surface area contributed by atoms with Gasteiger partial charge in [0.25, 0.3) is 0 Å². The first-order chi connectivity index (χ1) is 7.22. The minimum Gasteiger partial charge on any atom is -0.465 e. The molecular weight excluding hydrogens is 212 g/mol. The number of aromatic nitrogens is 1. The summed E-state index contributed by atoms with van der Waals surface area (Å²) in [5.41, 5.74) is 1.08. The van der Waals surface area contributed by atoms with Gasteiger partial charge >= 0.3 is 5.97 Å². The molecule has 1 aromatic rings. The molecule has 0 amide bonds. The van der Waals surface area contributed by atoms with Crippen molar-refractivity contribution in [3.05, 3.63) is 16.1 Å². The number of hydrogen-bond donors (Lipinski definition) is 1. The van der Waals surface area contributed by atoms with Crippen molar-refractivity contribution in [2.75, 3.05) is 19.7 Å². The molecule has 0 saturated carbocycles. The second-order valence-electron chi connectivity index (χ2n) is 3.09. The Kier molecular flexibility index (Phi) is 5.28. The Bertz CT molecular complexity index is 312. The fourth-order valence-corrected chi connectivity index (χ4v) is 1.79. The van der Waals surface area contributed by atoms with Crippen LogP contribution in [0.1, 0.15) is 17.6 Å². The molecule has 1 aromatic heterocycles. The zero-order valence-electron chi connectivity index (χ0n) is 9.08. The van der Waals surface area contributed by atoms with Crippen LogP contribution < -0.4 is 5.32 Å². The summed E-state index contributed by atoms with van der Waals surface area (Å²) in [7, 11) is 0. The number of rotatable bonds is 6. The highest BCUT2D eigenvalue weighted by molar-refractivity contribution is 7.09. The quantitative estimate of drug-likeness (QED) is 0.586. The van der Waals surface area contributed by atoms with E-state index in [0.717, 1.165) is 23.7 Å². The third-order valence-corrected chi connectivity index (χ3v) is 2.62. The van der Waals surface area contributed by atoms with Crippen LogP contribution in [0.3, 0.4) is 0 Å². The fourth-order valence-electron chi connectivity index (χ4n) is 1.14. The molecule has 0 saturated heterocycles. The van der Waals surface area contributed by atoms with E-state index in [1.54, 1.807) is 18.3 Å². The Morgan fingerprint density at radius 1 is 1.67 bits per heavy atom. The highest BCUT2D eigenvalue weighted by Gasteiger charge is 2.01. The van der Waals surface area contributed by atoms with E-state index in [9.17, 15) is 4.79 Å². The number of nitrogens with zero attached hydrogens (tertiary/aromatic N) is 1. The zero-order valence-corrected chi connectivity index (χ0v) is 9.89. The van der Waals surface area contributed by atoms with Crippen molar-refractivity contribution in [3.63, 3.8) is 0 Å². The number of ether oxygens (including phenoxy) is 1. The van der Waals surface area contributed by atoms with Gasteiger partial charge in [0, 0.05) is 18.3 Å². The first kappa shape index (κ1) is 12.1. The summed E-state index contributed by atoms with van der Waals surface area (Å²) in [6.45, 7) is 5.25. The molecule has 15 heavy (non-hydrogen) atoms. The van der Waals surface area contributed by atoms with Crippen molar-refractivity contribution in [2.24, 2.45) is 0 Å². The lowest BCUT2D eigenvalue weighted by Crippen LogP contribution is -2.26. The molecule has 4 nitrogen and oxygen atoms in total. The molecule has 0 aliphatic heterocycles. The molecule has 84 valence electrons. The van der Waals surface area contributed by atoms with Crippen LogP contribution in [-0.4, -0.2) is 30.6 Å². The van der Waals surface area contributed by atoms with Gasteiger partial charge in [0.15, 0.2) is 0 Å². The summed E-state index contributed by atoms with van der Waals surface area (Å²) < 4.78 is 4.78. The number of esters is 1. The molecule has 0 fully saturated rings. The van der Waals surface area contributed by atoms with E-state index in [4.69, 9.17) is 4.74 Å². The number of carbonyl (C=O) groups is 1. The first-order valence-corrected chi connectivity index (χ1v) is 5.87. The van der Waals surface area contributed by atoms with Crippen molar-refractivity contribution in [2.45, 2.75) is 20.3 Å². The van der Waals surface area contributed by atoms with Crippen LogP contribution in [0.4, 0.5) is 0 Å². The summed E-state index contributed by atoms with van der Waals surface area (Å²) in [6, 6.07) is 0. The summed E-state index contributed by atoms with van der Waals surface area (Å²) in [4.78, 5) is 15.3. The molecule has 0 atom stereocenters. The minimum absolute atomic E-state index is 0.202. The third kappa shape index (κ3) is 4.90. The smallest absolute Gasteiger partial charge is 0.319 e. The van der Waals surface area contributed by atoms with Crippen molar-refractivity contribution in [1.82, 2.24) is 10.3 Å². The molecular formula is C10H16N2O2S. The SMILES string of the molecule is CCOC(=O)CNCCc1csc(C)n1. The monoisotopic (exact) mass is 228 g/mol. The van der Waals surface area contributed by atoms with Crippen molar-refractivity contribution < 1.29 is 9.53 Å². The van der Waals surface area contributed by atoms with E-state index in [2.05, 4.69) is 10.3 Å². The molecule has 5 heteroatoms. The summed E-state index contributed by atoms with van der Waals surface area (Å²) in [5.74, 6) is -0.202. The van der Waals surface area contributed by atoms with Gasteiger partial charge in [0.2, 0.25) is 0 Å². The van der Waals surface area contributed by atoms with Gasteiger partial charge in [0.05, 0.1) is 23.9 Å². The van der Waals surface area contributed by atoms with E-state index in [-0.39, 0.29) is 12.5 Å². The predicted molar refractivity (Wildman–Crippen MR) is 60.1 cm³/mol. The maximum absolute atomic E-state index is 11.0. The first-order valence-electron chi connectivity index (χ1n) is 4.99. The van der Waals surface area contributed by atoms with E-state index in [1.165, 1.54) is 0 Å². The molecule has 0 unspecified atom stereocenters. The van der Waals surface area contributed by atoms with E-state index in [1.807, 2.05) is 12.3 Å². The molecule has 1 N–H and O–H groups in total. The lowest BCUT2D eigenvalue weighted by Gasteiger charge is -2.02. The van der Waals surface area contributed by atoms with Crippen LogP contribution in [0.15, 0.2) is 5.38 Å². The fraction of sp³-hybridized carbons (Fsp3) is 0.600. The van der Waals surface area contributed by atoms with Crippen LogP contribution >= 0.6 is 11.3 Å². The van der Waals surface area contributed by atoms with E-state index >= 15 is 0 Å². The molecule has 0 bridgehead atoms. The average molecular weight is 228 g/mol. The lowest BCUT2D eigenvalue weighted by atomic mass is 10.3. The largest absolute Gasteiger partial charge is 0.465 e. The molecule has 0 aromatic carbocycles. The normalized spacial score (nSPS) is 10.3. The third-order valence-electron chi connectivity index (χ3n) is 1.80. The number of thiazole rings is 1. The van der Waals surface area contributed by atoms with Gasteiger partial charge in [-0.2, -0.15) is 0 Å². The number of carbonyl (C=O) groups excluding carboxylic acids is 1. The topological polar surface area (TPSA) is 51.2 Å². The Labute approximate surface area is 93.7 Å². The van der Waals surface area contributed by atoms with Gasteiger partial charge in [-0.05, 0) is 13.8 Å². The van der Waals surface area contributed by atoms with Gasteiger partial charge < -0.3 is 10.1 Å². The van der Waals surface area contributed by atoms with Gasteiger partial charge in [-0.1, -0.05) is 0 Å². The maximum Gasteiger partial charge on any atom is 0.319 e. The molecule has 0 aliphatic carbocycles. The average Bonchev–Trinajstić information content (AvgIpc) is 2.60. The Morgan fingerprint density at radius 2 is 2.47 bits per heavy atom. The molecule has 0 aliphatic rings. The van der Waals surface area contributed by atoms with Crippen molar-refractivity contribution in [1.29, 1.82) is 0 Å². The second-order valence-corrected chi connectivity index (χ2v) is 4.15. The van der Waals surface area contributed by atoms with Crippen molar-refractivity contribution >= 4 is 17.3 Å². The highest BCUT2D eigenvalue weighted by Crippen LogP contribution is 2.07. The van der Waals surface area contributed by atoms with Crippen LogP contribution in [0, 0.1) is 6.92 Å². The van der Waals surface area contributed by atoms with Crippen LogP contribution in [0.25, 0.3) is 0 Å². The van der Waals surface area contributed by atoms with Gasteiger partial charge in [-0.15, -0.1) is 11.3 Å². The molecule has 1 rings (SSSR count). The molecule has 0 radical (unpaired) electrons. The van der Waals surface area contributed by atoms with Crippen LogP contribution in [-0.2, 0) is 16.0 Å². The predicted octanol–water partition coefficient (Wildman–Crippen LogP) is 1.15. The minimum atomic E-state index is -0.202. The second kappa shape index (κ2) is 6.53. The van der Waals surface area contributed by atoms with E-state index in [0.29, 0.717) is 6.61 Å². The van der Waals surface area contributed by atoms with Gasteiger partial charge in [-0.3, -0.25) is 4.79 Å². The Hall–Kier alpha value is -0.940.